The molecule has 8 heteroatoms. The van der Waals surface area contributed by atoms with Crippen LogP contribution >= 0.6 is 11.6 Å². The summed E-state index contributed by atoms with van der Waals surface area (Å²) < 4.78 is 1.84. The molecule has 7 nitrogen and oxygen atoms in total. The van der Waals surface area contributed by atoms with E-state index in [1.807, 2.05) is 18.4 Å². The number of anilines is 1. The van der Waals surface area contributed by atoms with Crippen LogP contribution in [0.15, 0.2) is 30.7 Å². The lowest BCUT2D eigenvalue weighted by Gasteiger charge is -2.07. The minimum atomic E-state index is -0.702. The number of aromatic nitrogens is 3. The molecule has 128 valence electrons. The molecule has 0 bridgehead atoms. The van der Waals surface area contributed by atoms with Crippen LogP contribution in [0.5, 0.6) is 0 Å². The van der Waals surface area contributed by atoms with E-state index in [0.717, 1.165) is 0 Å². The zero-order chi connectivity index (χ0) is 18.3. The number of nitrogens with zero attached hydrogens (tertiary/aromatic N) is 3. The summed E-state index contributed by atoms with van der Waals surface area (Å²) in [4.78, 5) is 32.8. The molecule has 2 heterocycles. The van der Waals surface area contributed by atoms with Crippen molar-refractivity contribution in [2.45, 2.75) is 19.9 Å². The minimum Gasteiger partial charge on any atom is -0.383 e. The Hall–Kier alpha value is -2.93. The molecule has 0 fully saturated rings. The van der Waals surface area contributed by atoms with Gasteiger partial charge >= 0.3 is 0 Å². The number of ketones is 1. The molecule has 0 aliphatic heterocycles. The number of carbonyl (C=O) groups is 2. The SMILES string of the molecule is CC(C)n1cc(C(=O)c2cccc(C(N)=O)c2Cl)c2c(N)ncnc21. The van der Waals surface area contributed by atoms with Gasteiger partial charge in [-0.1, -0.05) is 17.7 Å². The number of benzene rings is 1. The van der Waals surface area contributed by atoms with Gasteiger partial charge in [0.25, 0.3) is 0 Å². The molecule has 0 radical (unpaired) electrons. The Morgan fingerprint density at radius 3 is 2.48 bits per heavy atom. The van der Waals surface area contributed by atoms with Crippen molar-refractivity contribution >= 4 is 40.1 Å². The average molecular weight is 358 g/mol. The van der Waals surface area contributed by atoms with E-state index in [1.54, 1.807) is 12.3 Å². The highest BCUT2D eigenvalue weighted by atomic mass is 35.5. The Kier molecular flexibility index (Phi) is 4.18. The largest absolute Gasteiger partial charge is 0.383 e. The molecule has 1 aromatic carbocycles. The second-order valence-electron chi connectivity index (χ2n) is 5.86. The van der Waals surface area contributed by atoms with E-state index in [9.17, 15) is 9.59 Å². The van der Waals surface area contributed by atoms with E-state index in [-0.39, 0.29) is 33.8 Å². The summed E-state index contributed by atoms with van der Waals surface area (Å²) in [7, 11) is 0. The number of fused-ring (bicyclic) bond motifs is 1. The lowest BCUT2D eigenvalue weighted by molar-refractivity contribution is 0.100. The summed E-state index contributed by atoms with van der Waals surface area (Å²) in [5.74, 6) is -0.874. The van der Waals surface area contributed by atoms with Gasteiger partial charge in [0.15, 0.2) is 5.78 Å². The van der Waals surface area contributed by atoms with Crippen LogP contribution in [0, 0.1) is 0 Å². The monoisotopic (exact) mass is 357 g/mol. The number of hydrogen-bond acceptors (Lipinski definition) is 5. The van der Waals surface area contributed by atoms with Gasteiger partial charge in [-0.25, -0.2) is 9.97 Å². The van der Waals surface area contributed by atoms with Crippen LogP contribution in [-0.4, -0.2) is 26.2 Å². The van der Waals surface area contributed by atoms with Crippen LogP contribution in [0.3, 0.4) is 0 Å². The summed E-state index contributed by atoms with van der Waals surface area (Å²) in [6.45, 7) is 3.93. The van der Waals surface area contributed by atoms with E-state index in [1.165, 1.54) is 18.5 Å². The first-order valence-corrected chi connectivity index (χ1v) is 7.94. The zero-order valence-electron chi connectivity index (χ0n) is 13.7. The molecule has 0 unspecified atom stereocenters. The van der Waals surface area contributed by atoms with E-state index in [0.29, 0.717) is 16.6 Å². The molecule has 1 amide bonds. The van der Waals surface area contributed by atoms with Gasteiger partial charge < -0.3 is 16.0 Å². The van der Waals surface area contributed by atoms with Gasteiger partial charge in [-0.3, -0.25) is 9.59 Å². The van der Waals surface area contributed by atoms with Crippen LogP contribution in [0.1, 0.15) is 46.2 Å². The third-order valence-electron chi connectivity index (χ3n) is 3.95. The first-order chi connectivity index (χ1) is 11.8. The predicted octanol–water partition coefficient (Wildman–Crippen LogP) is 2.58. The Morgan fingerprint density at radius 1 is 1.16 bits per heavy atom. The predicted molar refractivity (Wildman–Crippen MR) is 95.7 cm³/mol. The first kappa shape index (κ1) is 16.9. The summed E-state index contributed by atoms with van der Waals surface area (Å²) in [6.07, 6.45) is 3.03. The molecule has 4 N–H and O–H groups in total. The van der Waals surface area contributed by atoms with Crippen LogP contribution in [0.4, 0.5) is 5.82 Å². The second kappa shape index (κ2) is 6.18. The smallest absolute Gasteiger partial charge is 0.250 e. The van der Waals surface area contributed by atoms with Crippen LogP contribution in [0.25, 0.3) is 11.0 Å². The molecule has 0 atom stereocenters. The first-order valence-electron chi connectivity index (χ1n) is 7.57. The van der Waals surface area contributed by atoms with Crippen molar-refractivity contribution in [3.63, 3.8) is 0 Å². The number of carbonyl (C=O) groups excluding carboxylic acids is 2. The summed E-state index contributed by atoms with van der Waals surface area (Å²) in [6, 6.07) is 4.62. The van der Waals surface area contributed by atoms with Crippen LogP contribution in [-0.2, 0) is 0 Å². The number of hydrogen-bond donors (Lipinski definition) is 2. The van der Waals surface area contributed by atoms with Crippen molar-refractivity contribution < 1.29 is 9.59 Å². The number of nitrogen functional groups attached to an aromatic ring is 1. The fourth-order valence-corrected chi connectivity index (χ4v) is 3.02. The van der Waals surface area contributed by atoms with E-state index in [4.69, 9.17) is 23.1 Å². The number of amides is 1. The maximum Gasteiger partial charge on any atom is 0.250 e. The highest BCUT2D eigenvalue weighted by Gasteiger charge is 2.24. The van der Waals surface area contributed by atoms with Gasteiger partial charge in [0, 0.05) is 17.8 Å². The maximum atomic E-state index is 13.1. The molecule has 0 aliphatic carbocycles. The molecule has 3 aromatic rings. The molecule has 0 aliphatic rings. The highest BCUT2D eigenvalue weighted by Crippen LogP contribution is 2.31. The van der Waals surface area contributed by atoms with Crippen molar-refractivity contribution in [1.29, 1.82) is 0 Å². The Bertz CT molecular complexity index is 1010. The number of rotatable bonds is 4. The summed E-state index contributed by atoms with van der Waals surface area (Å²) >= 11 is 6.22. The highest BCUT2D eigenvalue weighted by molar-refractivity contribution is 6.38. The molecule has 0 saturated heterocycles. The third kappa shape index (κ3) is 2.72. The molecule has 25 heavy (non-hydrogen) atoms. The third-order valence-corrected chi connectivity index (χ3v) is 4.36. The molecular weight excluding hydrogens is 342 g/mol. The quantitative estimate of drug-likeness (QED) is 0.696. The van der Waals surface area contributed by atoms with Crippen molar-refractivity contribution in [3.05, 3.63) is 52.4 Å². The zero-order valence-corrected chi connectivity index (χ0v) is 14.4. The topological polar surface area (TPSA) is 117 Å². The van der Waals surface area contributed by atoms with Crippen molar-refractivity contribution in [2.24, 2.45) is 5.73 Å². The number of nitrogens with two attached hydrogens (primary N) is 2. The van der Waals surface area contributed by atoms with Gasteiger partial charge in [0.1, 0.15) is 17.8 Å². The normalized spacial score (nSPS) is 11.2. The van der Waals surface area contributed by atoms with Gasteiger partial charge in [-0.15, -0.1) is 0 Å². The fourth-order valence-electron chi connectivity index (χ4n) is 2.72. The lowest BCUT2D eigenvalue weighted by Crippen LogP contribution is -2.13. The standard InChI is InChI=1S/C17H16ClN5O2/c1-8(2)23-6-11(12-15(19)21-7-22-17(12)23)14(24)9-4-3-5-10(13(9)18)16(20)25/h3-8H,1-2H3,(H2,20,25)(H2,19,21,22). The fraction of sp³-hybridized carbons (Fsp3) is 0.176. The van der Waals surface area contributed by atoms with Gasteiger partial charge in [0.2, 0.25) is 5.91 Å². The van der Waals surface area contributed by atoms with Gasteiger partial charge in [0.05, 0.1) is 21.5 Å². The Labute approximate surface area is 148 Å². The van der Waals surface area contributed by atoms with E-state index < -0.39 is 5.91 Å². The van der Waals surface area contributed by atoms with E-state index >= 15 is 0 Å². The van der Waals surface area contributed by atoms with E-state index in [2.05, 4.69) is 9.97 Å². The van der Waals surface area contributed by atoms with Crippen LogP contribution < -0.4 is 11.5 Å². The molecule has 2 aromatic heterocycles. The second-order valence-corrected chi connectivity index (χ2v) is 6.24. The van der Waals surface area contributed by atoms with Crippen molar-refractivity contribution in [1.82, 2.24) is 14.5 Å². The molecular formula is C17H16ClN5O2. The molecule has 0 spiro atoms. The van der Waals surface area contributed by atoms with Gasteiger partial charge in [-0.2, -0.15) is 0 Å². The Morgan fingerprint density at radius 2 is 1.84 bits per heavy atom. The van der Waals surface area contributed by atoms with Crippen molar-refractivity contribution in [3.8, 4) is 0 Å². The minimum absolute atomic E-state index is 0.0147. The number of halogens is 1. The summed E-state index contributed by atoms with van der Waals surface area (Å²) in [5.41, 5.74) is 12.4. The van der Waals surface area contributed by atoms with Crippen molar-refractivity contribution in [2.75, 3.05) is 5.73 Å². The average Bonchev–Trinajstić information content (AvgIpc) is 2.95. The number of primary amides is 1. The molecule has 3 rings (SSSR count). The summed E-state index contributed by atoms with van der Waals surface area (Å²) in [5, 5.41) is 0.475. The molecule has 0 saturated carbocycles. The maximum absolute atomic E-state index is 13.1. The lowest BCUT2D eigenvalue weighted by atomic mass is 10.0. The van der Waals surface area contributed by atoms with Crippen LogP contribution in [0.2, 0.25) is 5.02 Å². The van der Waals surface area contributed by atoms with Gasteiger partial charge in [-0.05, 0) is 26.0 Å². The Balaban J connectivity index is 2.26.